The number of urea groups is 1. The van der Waals surface area contributed by atoms with E-state index < -0.39 is 11.8 Å². The quantitative estimate of drug-likeness (QED) is 0.242. The standard InChI is InChI=1S/C32H33FN6O5S/c1-19-16-38(11-12-39(19)30(41)18-43-20(2)40)17-21-3-7-25(35-15-21)29-14-26-31(45-29)28(9-10-34-26)44-27-8-6-23(13-24(27)33)37-32(42)36-22-4-5-22/h3,6-10,13-15,19,22H,4-5,11-12,16-18H2,1-2H3,(H2,36,37,42)/t19-/m0/s1. The van der Waals surface area contributed by atoms with E-state index in [4.69, 9.17) is 14.5 Å². The number of nitrogens with one attached hydrogen (secondary N) is 2. The summed E-state index contributed by atoms with van der Waals surface area (Å²) in [7, 11) is 0. The van der Waals surface area contributed by atoms with Crippen LogP contribution >= 0.6 is 11.3 Å². The van der Waals surface area contributed by atoms with E-state index >= 15 is 0 Å². The molecule has 1 aliphatic carbocycles. The number of hydrogen-bond acceptors (Lipinski definition) is 9. The number of nitrogens with zero attached hydrogens (tertiary/aromatic N) is 4. The molecule has 45 heavy (non-hydrogen) atoms. The van der Waals surface area contributed by atoms with Crippen molar-refractivity contribution in [1.82, 2.24) is 25.1 Å². The van der Waals surface area contributed by atoms with Gasteiger partial charge in [-0.15, -0.1) is 11.3 Å². The minimum atomic E-state index is -0.595. The Morgan fingerprint density at radius 3 is 2.62 bits per heavy atom. The molecule has 3 aromatic heterocycles. The first kappa shape index (κ1) is 30.4. The summed E-state index contributed by atoms with van der Waals surface area (Å²) >= 11 is 1.46. The molecule has 0 spiro atoms. The fourth-order valence-corrected chi connectivity index (χ4v) is 6.24. The lowest BCUT2D eigenvalue weighted by atomic mass is 10.1. The number of amides is 3. The highest BCUT2D eigenvalue weighted by molar-refractivity contribution is 7.22. The molecule has 0 unspecified atom stereocenters. The van der Waals surface area contributed by atoms with Gasteiger partial charge in [0, 0.05) is 75.4 Å². The molecule has 4 aromatic rings. The third kappa shape index (κ3) is 7.55. The second kappa shape index (κ2) is 13.2. The Labute approximate surface area is 263 Å². The normalized spacial score (nSPS) is 16.8. The third-order valence-corrected chi connectivity index (χ3v) is 8.77. The van der Waals surface area contributed by atoms with E-state index in [1.807, 2.05) is 31.3 Å². The number of carbonyl (C=O) groups is 3. The number of aromatic nitrogens is 2. The Morgan fingerprint density at radius 1 is 1.07 bits per heavy atom. The van der Waals surface area contributed by atoms with Gasteiger partial charge >= 0.3 is 12.0 Å². The molecule has 1 saturated carbocycles. The number of esters is 1. The lowest BCUT2D eigenvalue weighted by Crippen LogP contribution is -2.54. The molecule has 2 fully saturated rings. The zero-order valence-electron chi connectivity index (χ0n) is 24.9. The summed E-state index contributed by atoms with van der Waals surface area (Å²) in [6.45, 7) is 5.72. The van der Waals surface area contributed by atoms with Gasteiger partial charge in [0.05, 0.1) is 20.8 Å². The molecule has 11 nitrogen and oxygen atoms in total. The summed E-state index contributed by atoms with van der Waals surface area (Å²) in [5.74, 6) is -0.730. The number of rotatable bonds is 9. The maximum absolute atomic E-state index is 14.9. The molecular weight excluding hydrogens is 599 g/mol. The van der Waals surface area contributed by atoms with Crippen LogP contribution in [0.1, 0.15) is 32.3 Å². The lowest BCUT2D eigenvalue weighted by Gasteiger charge is -2.39. The van der Waals surface area contributed by atoms with Gasteiger partial charge in [-0.25, -0.2) is 9.18 Å². The first-order chi connectivity index (χ1) is 21.7. The SMILES string of the molecule is CC(=O)OCC(=O)N1CCN(Cc2ccc(-c3cc4nccc(Oc5ccc(NC(=O)NC6CC6)cc5F)c4s3)nc2)C[C@@H]1C. The molecule has 0 radical (unpaired) electrons. The molecule has 4 heterocycles. The minimum Gasteiger partial charge on any atom is -0.456 e. The van der Waals surface area contributed by atoms with Crippen molar-refractivity contribution in [3.63, 3.8) is 0 Å². The van der Waals surface area contributed by atoms with Crippen molar-refractivity contribution in [2.24, 2.45) is 0 Å². The lowest BCUT2D eigenvalue weighted by molar-refractivity contribution is -0.152. The Kier molecular flexibility index (Phi) is 8.90. The topological polar surface area (TPSA) is 126 Å². The molecule has 1 aliphatic heterocycles. The fourth-order valence-electron chi connectivity index (χ4n) is 5.20. The maximum Gasteiger partial charge on any atom is 0.319 e. The minimum absolute atomic E-state index is 0.00182. The Bertz CT molecular complexity index is 1730. The first-order valence-corrected chi connectivity index (χ1v) is 15.6. The second-order valence-electron chi connectivity index (χ2n) is 11.3. The maximum atomic E-state index is 14.9. The summed E-state index contributed by atoms with van der Waals surface area (Å²) < 4.78 is 26.5. The monoisotopic (exact) mass is 632 g/mol. The van der Waals surface area contributed by atoms with E-state index in [1.54, 1.807) is 23.2 Å². The highest BCUT2D eigenvalue weighted by Crippen LogP contribution is 2.39. The van der Waals surface area contributed by atoms with E-state index in [-0.39, 0.29) is 36.4 Å². The number of benzene rings is 1. The second-order valence-corrected chi connectivity index (χ2v) is 12.3. The molecule has 3 amide bonds. The molecule has 1 aromatic carbocycles. The average molecular weight is 633 g/mol. The van der Waals surface area contributed by atoms with Gasteiger partial charge in [0.2, 0.25) is 0 Å². The molecule has 234 valence electrons. The Balaban J connectivity index is 1.08. The summed E-state index contributed by atoms with van der Waals surface area (Å²) in [4.78, 5) is 49.5. The Morgan fingerprint density at radius 2 is 1.91 bits per heavy atom. The number of carbonyl (C=O) groups excluding carboxylic acids is 3. The van der Waals surface area contributed by atoms with E-state index in [9.17, 15) is 18.8 Å². The van der Waals surface area contributed by atoms with Gasteiger partial charge in [0.1, 0.15) is 5.75 Å². The van der Waals surface area contributed by atoms with Crippen LogP contribution in [0.3, 0.4) is 0 Å². The predicted molar refractivity (Wildman–Crippen MR) is 168 cm³/mol. The van der Waals surface area contributed by atoms with Crippen molar-refractivity contribution in [3.8, 4) is 22.1 Å². The number of thiophene rings is 1. The summed E-state index contributed by atoms with van der Waals surface area (Å²) in [5, 5.41) is 5.45. The molecular formula is C32H33FN6O5S. The van der Waals surface area contributed by atoms with Crippen LogP contribution in [0.5, 0.6) is 11.5 Å². The molecule has 2 aliphatic rings. The highest BCUT2D eigenvalue weighted by atomic mass is 32.1. The number of piperazine rings is 1. The summed E-state index contributed by atoms with van der Waals surface area (Å²) in [6, 6.07) is 11.8. The number of pyridine rings is 2. The molecule has 6 rings (SSSR count). The fraction of sp³-hybridized carbons (Fsp3) is 0.344. The van der Waals surface area contributed by atoms with Crippen molar-refractivity contribution in [2.75, 3.05) is 31.6 Å². The molecule has 13 heteroatoms. The van der Waals surface area contributed by atoms with E-state index in [2.05, 4.69) is 20.5 Å². The highest BCUT2D eigenvalue weighted by Gasteiger charge is 2.28. The van der Waals surface area contributed by atoms with Crippen molar-refractivity contribution in [3.05, 3.63) is 66.2 Å². The van der Waals surface area contributed by atoms with Gasteiger partial charge < -0.3 is 25.0 Å². The van der Waals surface area contributed by atoms with Gasteiger partial charge in [-0.1, -0.05) is 6.07 Å². The smallest absolute Gasteiger partial charge is 0.319 e. The van der Waals surface area contributed by atoms with Crippen molar-refractivity contribution in [2.45, 2.75) is 45.3 Å². The first-order valence-electron chi connectivity index (χ1n) is 14.8. The van der Waals surface area contributed by atoms with E-state index in [0.29, 0.717) is 43.1 Å². The van der Waals surface area contributed by atoms with Crippen LogP contribution in [0.15, 0.2) is 54.9 Å². The van der Waals surface area contributed by atoms with Crippen LogP contribution in [-0.2, 0) is 20.9 Å². The number of ether oxygens (including phenoxy) is 2. The van der Waals surface area contributed by atoms with Crippen LogP contribution in [-0.4, -0.2) is 76.0 Å². The summed E-state index contributed by atoms with van der Waals surface area (Å²) in [5.41, 5.74) is 2.89. The van der Waals surface area contributed by atoms with E-state index in [0.717, 1.165) is 33.7 Å². The number of fused-ring (bicyclic) bond motifs is 1. The van der Waals surface area contributed by atoms with Gasteiger partial charge in [-0.05, 0) is 49.6 Å². The molecule has 0 bridgehead atoms. The third-order valence-electron chi connectivity index (χ3n) is 7.61. The summed E-state index contributed by atoms with van der Waals surface area (Å²) in [6.07, 6.45) is 5.40. The van der Waals surface area contributed by atoms with Crippen LogP contribution in [0.2, 0.25) is 0 Å². The number of anilines is 1. The zero-order valence-corrected chi connectivity index (χ0v) is 25.7. The van der Waals surface area contributed by atoms with Crippen molar-refractivity contribution >= 4 is 45.1 Å². The van der Waals surface area contributed by atoms with Crippen LogP contribution < -0.4 is 15.4 Å². The van der Waals surface area contributed by atoms with Gasteiger partial charge in [-0.2, -0.15) is 0 Å². The molecule has 2 N–H and O–H groups in total. The number of halogens is 1. The van der Waals surface area contributed by atoms with E-state index in [1.165, 1.54) is 30.4 Å². The van der Waals surface area contributed by atoms with Gasteiger partial charge in [0.15, 0.2) is 18.2 Å². The Hall–Kier alpha value is -4.62. The van der Waals surface area contributed by atoms with Crippen molar-refractivity contribution in [1.29, 1.82) is 0 Å². The largest absolute Gasteiger partial charge is 0.456 e. The molecule has 1 saturated heterocycles. The molecule has 1 atom stereocenters. The van der Waals surface area contributed by atoms with Crippen LogP contribution in [0.25, 0.3) is 20.8 Å². The predicted octanol–water partition coefficient (Wildman–Crippen LogP) is 5.17. The van der Waals surface area contributed by atoms with Gasteiger partial charge in [0.25, 0.3) is 5.91 Å². The van der Waals surface area contributed by atoms with Crippen molar-refractivity contribution < 1.29 is 28.2 Å². The van der Waals surface area contributed by atoms with Crippen LogP contribution in [0, 0.1) is 5.82 Å². The number of hydrogen-bond donors (Lipinski definition) is 2. The van der Waals surface area contributed by atoms with Gasteiger partial charge in [-0.3, -0.25) is 24.5 Å². The average Bonchev–Trinajstić information content (AvgIpc) is 3.71. The van der Waals surface area contributed by atoms with Crippen LogP contribution in [0.4, 0.5) is 14.9 Å². The zero-order chi connectivity index (χ0) is 31.5.